The van der Waals surface area contributed by atoms with E-state index in [0.717, 1.165) is 29.6 Å². The first-order chi connectivity index (χ1) is 9.47. The number of nitrogens with zero attached hydrogens (tertiary/aromatic N) is 1. The molecular weight excluding hydrogens is 313 g/mol. The van der Waals surface area contributed by atoms with Gasteiger partial charge in [-0.1, -0.05) is 25.4 Å². The molecule has 116 valence electrons. The van der Waals surface area contributed by atoms with Crippen LogP contribution in [0.4, 0.5) is 0 Å². The lowest BCUT2D eigenvalue weighted by atomic mass is 10.1. The zero-order chi connectivity index (χ0) is 14.9. The van der Waals surface area contributed by atoms with Crippen LogP contribution in [0.5, 0.6) is 5.75 Å². The van der Waals surface area contributed by atoms with Crippen LogP contribution in [0.2, 0.25) is 5.02 Å². The van der Waals surface area contributed by atoms with Crippen molar-refractivity contribution in [2.24, 2.45) is 0 Å². The minimum Gasteiger partial charge on any atom is -0.506 e. The van der Waals surface area contributed by atoms with Gasteiger partial charge in [0.25, 0.3) is 0 Å². The summed E-state index contributed by atoms with van der Waals surface area (Å²) in [7, 11) is 0. The summed E-state index contributed by atoms with van der Waals surface area (Å²) in [5.41, 5.74) is 1.31. The number of hydrogen-bond donors (Lipinski definition) is 1. The van der Waals surface area contributed by atoms with Gasteiger partial charge in [-0.25, -0.2) is 4.79 Å². The average molecular weight is 332 g/mol. The number of phenols is 1. The largest absolute Gasteiger partial charge is 0.506 e. The highest BCUT2D eigenvalue weighted by atomic mass is 35.5. The third kappa shape index (κ3) is 3.51. The van der Waals surface area contributed by atoms with Crippen LogP contribution in [0, 0.1) is 6.92 Å². The molecule has 0 radical (unpaired) electrons. The molecule has 21 heavy (non-hydrogen) atoms. The molecule has 0 saturated carbocycles. The molecule has 0 aliphatic heterocycles. The summed E-state index contributed by atoms with van der Waals surface area (Å²) in [6.07, 6.45) is 0. The zero-order valence-electron chi connectivity index (χ0n) is 12.3. The molecule has 0 aliphatic rings. The molecule has 0 fully saturated rings. The van der Waals surface area contributed by atoms with Gasteiger partial charge in [0.15, 0.2) is 5.58 Å². The fourth-order valence-electron chi connectivity index (χ4n) is 2.26. The van der Waals surface area contributed by atoms with Gasteiger partial charge in [-0.15, -0.1) is 12.4 Å². The molecule has 4 nitrogen and oxygen atoms in total. The van der Waals surface area contributed by atoms with Crippen LogP contribution >= 0.6 is 24.0 Å². The molecule has 6 heteroatoms. The molecule has 2 aromatic rings. The van der Waals surface area contributed by atoms with Gasteiger partial charge in [-0.3, -0.25) is 4.90 Å². The predicted octanol–water partition coefficient (Wildman–Crippen LogP) is 3.72. The lowest BCUT2D eigenvalue weighted by molar-refractivity contribution is 0.291. The number of aromatic hydroxyl groups is 1. The van der Waals surface area contributed by atoms with Crippen molar-refractivity contribution in [3.8, 4) is 5.75 Å². The van der Waals surface area contributed by atoms with Crippen LogP contribution in [0.25, 0.3) is 11.0 Å². The van der Waals surface area contributed by atoms with Crippen molar-refractivity contribution in [2.75, 3.05) is 13.1 Å². The van der Waals surface area contributed by atoms with E-state index >= 15 is 0 Å². The number of halogens is 2. The van der Waals surface area contributed by atoms with Crippen LogP contribution < -0.4 is 5.63 Å². The first kappa shape index (κ1) is 17.8. The summed E-state index contributed by atoms with van der Waals surface area (Å²) in [5.74, 6) is -0.0141. The van der Waals surface area contributed by atoms with Crippen molar-refractivity contribution in [1.82, 2.24) is 4.90 Å². The normalized spacial score (nSPS) is 10.9. The molecule has 1 N–H and O–H groups in total. The lowest BCUT2D eigenvalue weighted by Gasteiger charge is -2.19. The van der Waals surface area contributed by atoms with Crippen LogP contribution in [0.15, 0.2) is 21.3 Å². The maximum Gasteiger partial charge on any atom is 0.336 e. The van der Waals surface area contributed by atoms with Crippen molar-refractivity contribution >= 4 is 35.0 Å². The summed E-state index contributed by atoms with van der Waals surface area (Å²) in [5, 5.41) is 11.1. The molecule has 0 aliphatic carbocycles. The monoisotopic (exact) mass is 331 g/mol. The summed E-state index contributed by atoms with van der Waals surface area (Å²) >= 11 is 6.14. The average Bonchev–Trinajstić information content (AvgIpc) is 2.42. The smallest absolute Gasteiger partial charge is 0.336 e. The first-order valence-electron chi connectivity index (χ1n) is 6.65. The van der Waals surface area contributed by atoms with Gasteiger partial charge < -0.3 is 9.52 Å². The Bertz CT molecular complexity index is 693. The van der Waals surface area contributed by atoms with Gasteiger partial charge >= 0.3 is 5.63 Å². The number of rotatable bonds is 4. The highest BCUT2D eigenvalue weighted by Gasteiger charge is 2.16. The Hall–Kier alpha value is -1.23. The fourth-order valence-corrected chi connectivity index (χ4v) is 2.52. The Morgan fingerprint density at radius 3 is 2.48 bits per heavy atom. The third-order valence-electron chi connectivity index (χ3n) is 3.52. The quantitative estimate of drug-likeness (QED) is 0.867. The zero-order valence-corrected chi connectivity index (χ0v) is 13.8. The molecule has 0 bridgehead atoms. The van der Waals surface area contributed by atoms with Crippen LogP contribution in [0.3, 0.4) is 0 Å². The van der Waals surface area contributed by atoms with E-state index in [-0.39, 0.29) is 28.8 Å². The van der Waals surface area contributed by atoms with E-state index in [9.17, 15) is 9.90 Å². The van der Waals surface area contributed by atoms with E-state index in [1.807, 2.05) is 13.0 Å². The van der Waals surface area contributed by atoms with Crippen molar-refractivity contribution < 1.29 is 9.52 Å². The first-order valence-corrected chi connectivity index (χ1v) is 7.02. The van der Waals surface area contributed by atoms with E-state index in [4.69, 9.17) is 16.0 Å². The molecule has 0 spiro atoms. The molecule has 0 atom stereocenters. The molecule has 0 unspecified atom stereocenters. The Kier molecular flexibility index (Phi) is 6.08. The van der Waals surface area contributed by atoms with E-state index in [1.54, 1.807) is 0 Å². The van der Waals surface area contributed by atoms with Crippen LogP contribution in [-0.4, -0.2) is 23.1 Å². The number of fused-ring (bicyclic) bond motifs is 1. The van der Waals surface area contributed by atoms with E-state index in [2.05, 4.69) is 18.7 Å². The Balaban J connectivity index is 0.00000220. The SMILES string of the molecule is CCN(CC)Cc1cc2c(C)cc(=O)oc2c(Cl)c1O.Cl. The Labute approximate surface area is 134 Å². The maximum absolute atomic E-state index is 11.4. The van der Waals surface area contributed by atoms with Gasteiger partial charge in [0.2, 0.25) is 0 Å². The molecular formula is C15H19Cl2NO3. The third-order valence-corrected chi connectivity index (χ3v) is 3.88. The van der Waals surface area contributed by atoms with Gasteiger partial charge in [-0.2, -0.15) is 0 Å². The van der Waals surface area contributed by atoms with Crippen molar-refractivity contribution in [2.45, 2.75) is 27.3 Å². The van der Waals surface area contributed by atoms with Gasteiger partial charge in [0.1, 0.15) is 10.8 Å². The molecule has 1 heterocycles. The summed E-state index contributed by atoms with van der Waals surface area (Å²) in [4.78, 5) is 13.6. The molecule has 0 amide bonds. The van der Waals surface area contributed by atoms with Crippen molar-refractivity contribution in [3.05, 3.63) is 38.7 Å². The predicted molar refractivity (Wildman–Crippen MR) is 87.8 cm³/mol. The number of phenolic OH excluding ortho intramolecular Hbond substituents is 1. The number of aryl methyl sites for hydroxylation is 1. The second kappa shape index (κ2) is 7.16. The van der Waals surface area contributed by atoms with Gasteiger partial charge in [0.05, 0.1) is 0 Å². The van der Waals surface area contributed by atoms with Crippen molar-refractivity contribution in [3.63, 3.8) is 0 Å². The lowest BCUT2D eigenvalue weighted by Crippen LogP contribution is -2.22. The highest BCUT2D eigenvalue weighted by Crippen LogP contribution is 2.36. The summed E-state index contributed by atoms with van der Waals surface area (Å²) in [6, 6.07) is 3.27. The van der Waals surface area contributed by atoms with Gasteiger partial charge in [-0.05, 0) is 31.6 Å². The second-order valence-electron chi connectivity index (χ2n) is 4.78. The van der Waals surface area contributed by atoms with E-state index in [1.165, 1.54) is 6.07 Å². The molecule has 1 aromatic carbocycles. The van der Waals surface area contributed by atoms with E-state index in [0.29, 0.717) is 6.54 Å². The minimum atomic E-state index is -0.465. The standard InChI is InChI=1S/C15H18ClNO3.ClH/c1-4-17(5-2)8-10-7-11-9(3)6-12(18)20-15(11)13(16)14(10)19;/h6-7,19H,4-5,8H2,1-3H3;1H. The van der Waals surface area contributed by atoms with Crippen LogP contribution in [-0.2, 0) is 6.54 Å². The molecule has 0 saturated heterocycles. The number of benzene rings is 1. The maximum atomic E-state index is 11.4. The topological polar surface area (TPSA) is 53.7 Å². The van der Waals surface area contributed by atoms with Gasteiger partial charge in [0, 0.05) is 23.6 Å². The summed E-state index contributed by atoms with van der Waals surface area (Å²) in [6.45, 7) is 8.32. The Morgan fingerprint density at radius 2 is 1.90 bits per heavy atom. The van der Waals surface area contributed by atoms with Crippen LogP contribution in [0.1, 0.15) is 25.0 Å². The molecule has 2 rings (SSSR count). The number of hydrogen-bond acceptors (Lipinski definition) is 4. The Morgan fingerprint density at radius 1 is 1.29 bits per heavy atom. The fraction of sp³-hybridized carbons (Fsp3) is 0.400. The van der Waals surface area contributed by atoms with E-state index < -0.39 is 5.63 Å². The van der Waals surface area contributed by atoms with Crippen molar-refractivity contribution in [1.29, 1.82) is 0 Å². The summed E-state index contributed by atoms with van der Waals surface area (Å²) < 4.78 is 5.11. The minimum absolute atomic E-state index is 0. The highest BCUT2D eigenvalue weighted by molar-refractivity contribution is 6.36. The second-order valence-corrected chi connectivity index (χ2v) is 5.16. The molecule has 1 aromatic heterocycles.